The predicted molar refractivity (Wildman–Crippen MR) is 108 cm³/mol. The Balaban J connectivity index is 1.93. The normalized spacial score (nSPS) is 12.1. The maximum Gasteiger partial charge on any atom is 0.251 e. The van der Waals surface area contributed by atoms with Crippen molar-refractivity contribution in [2.75, 3.05) is 13.7 Å². The van der Waals surface area contributed by atoms with Crippen LogP contribution in [0.2, 0.25) is 5.02 Å². The highest BCUT2D eigenvalue weighted by Crippen LogP contribution is 2.27. The highest BCUT2D eigenvalue weighted by molar-refractivity contribution is 6.30. The molecule has 0 saturated heterocycles. The van der Waals surface area contributed by atoms with Crippen molar-refractivity contribution in [1.29, 1.82) is 0 Å². The van der Waals surface area contributed by atoms with Gasteiger partial charge in [0.25, 0.3) is 5.91 Å². The molecule has 1 heterocycles. The molecule has 1 amide bonds. The Kier molecular flexibility index (Phi) is 6.37. The summed E-state index contributed by atoms with van der Waals surface area (Å²) in [5.74, 6) is -0.0984. The highest BCUT2D eigenvalue weighted by Gasteiger charge is 2.14. The van der Waals surface area contributed by atoms with Crippen molar-refractivity contribution in [3.8, 4) is 11.3 Å². The number of nitrogens with zero attached hydrogens (tertiary/aromatic N) is 2. The van der Waals surface area contributed by atoms with Crippen LogP contribution in [0.1, 0.15) is 30.1 Å². The molecule has 0 radical (unpaired) electrons. The first-order valence-electron chi connectivity index (χ1n) is 8.93. The smallest absolute Gasteiger partial charge is 0.251 e. The summed E-state index contributed by atoms with van der Waals surface area (Å²) in [7, 11) is 1.66. The van der Waals surface area contributed by atoms with Gasteiger partial charge < -0.3 is 10.1 Å². The van der Waals surface area contributed by atoms with E-state index in [0.717, 1.165) is 34.9 Å². The van der Waals surface area contributed by atoms with Crippen molar-refractivity contribution in [1.82, 2.24) is 15.5 Å². The van der Waals surface area contributed by atoms with Crippen molar-refractivity contribution < 1.29 is 9.53 Å². The maximum absolute atomic E-state index is 12.7. The number of benzene rings is 2. The summed E-state index contributed by atoms with van der Waals surface area (Å²) in [6, 6.07) is 13.1. The summed E-state index contributed by atoms with van der Waals surface area (Å²) >= 11 is 5.98. The molecule has 140 valence electrons. The Bertz CT molecular complexity index is 928. The van der Waals surface area contributed by atoms with Crippen LogP contribution in [0.4, 0.5) is 0 Å². The molecule has 0 aliphatic rings. The van der Waals surface area contributed by atoms with E-state index in [4.69, 9.17) is 16.3 Å². The van der Waals surface area contributed by atoms with Crippen molar-refractivity contribution in [2.24, 2.45) is 0 Å². The molecule has 0 saturated carbocycles. The number of ether oxygens (including phenoxy) is 1. The number of hydrogen-bond donors (Lipinski definition) is 1. The Hall–Kier alpha value is -2.50. The molecule has 1 aromatic heterocycles. The van der Waals surface area contributed by atoms with E-state index in [1.165, 1.54) is 0 Å². The van der Waals surface area contributed by atoms with Gasteiger partial charge in [-0.05, 0) is 37.1 Å². The fraction of sp³-hybridized carbons (Fsp3) is 0.286. The number of hydrogen-bond acceptors (Lipinski definition) is 4. The summed E-state index contributed by atoms with van der Waals surface area (Å²) in [5, 5.41) is 13.9. The van der Waals surface area contributed by atoms with Gasteiger partial charge in [-0.1, -0.05) is 36.7 Å². The zero-order valence-corrected chi connectivity index (χ0v) is 16.2. The first-order chi connectivity index (χ1) is 13.1. The van der Waals surface area contributed by atoms with Crippen LogP contribution in [0.25, 0.3) is 22.0 Å². The molecule has 0 aliphatic heterocycles. The van der Waals surface area contributed by atoms with Gasteiger partial charge in [0, 0.05) is 46.7 Å². The van der Waals surface area contributed by atoms with Crippen LogP contribution in [0.5, 0.6) is 0 Å². The Labute approximate surface area is 163 Å². The lowest BCUT2D eigenvalue weighted by Crippen LogP contribution is -2.35. The molecule has 0 bridgehead atoms. The standard InChI is InChI=1S/C21H22ClN3O2/c1-3-18(10-11-27-2)24-21(26)15-4-5-16-13-23-25-20(19(16)12-15)14-6-8-17(22)9-7-14/h4-9,12-13,18H,3,10-11H2,1-2H3,(H,24,26). The topological polar surface area (TPSA) is 64.1 Å². The first kappa shape index (κ1) is 19.3. The predicted octanol–water partition coefficient (Wildman–Crippen LogP) is 4.50. The molecule has 5 nitrogen and oxygen atoms in total. The molecule has 1 unspecified atom stereocenters. The van der Waals surface area contributed by atoms with Gasteiger partial charge in [0.05, 0.1) is 6.20 Å². The second kappa shape index (κ2) is 8.93. The van der Waals surface area contributed by atoms with Gasteiger partial charge in [-0.2, -0.15) is 5.10 Å². The van der Waals surface area contributed by atoms with Crippen LogP contribution in [0.15, 0.2) is 48.7 Å². The van der Waals surface area contributed by atoms with Crippen LogP contribution in [-0.2, 0) is 4.74 Å². The van der Waals surface area contributed by atoms with E-state index in [1.807, 2.05) is 42.5 Å². The van der Waals surface area contributed by atoms with Crippen molar-refractivity contribution in [3.05, 3.63) is 59.2 Å². The molecule has 0 aliphatic carbocycles. The Morgan fingerprint density at radius 3 is 2.70 bits per heavy atom. The van der Waals surface area contributed by atoms with E-state index < -0.39 is 0 Å². The lowest BCUT2D eigenvalue weighted by atomic mass is 10.0. The highest BCUT2D eigenvalue weighted by atomic mass is 35.5. The Morgan fingerprint density at radius 2 is 2.00 bits per heavy atom. The largest absolute Gasteiger partial charge is 0.385 e. The van der Waals surface area contributed by atoms with Gasteiger partial charge in [0.2, 0.25) is 0 Å². The lowest BCUT2D eigenvalue weighted by Gasteiger charge is -2.17. The van der Waals surface area contributed by atoms with Crippen LogP contribution >= 0.6 is 11.6 Å². The molecule has 0 fully saturated rings. The third-order valence-corrected chi connectivity index (χ3v) is 4.79. The molecule has 6 heteroatoms. The van der Waals surface area contributed by atoms with Crippen molar-refractivity contribution >= 4 is 28.3 Å². The number of nitrogens with one attached hydrogen (secondary N) is 1. The van der Waals surface area contributed by atoms with E-state index in [0.29, 0.717) is 17.2 Å². The van der Waals surface area contributed by atoms with E-state index in [2.05, 4.69) is 22.4 Å². The molecule has 3 aromatic rings. The van der Waals surface area contributed by atoms with Gasteiger partial charge in [-0.3, -0.25) is 4.79 Å². The van der Waals surface area contributed by atoms with E-state index >= 15 is 0 Å². The molecule has 3 rings (SSSR count). The van der Waals surface area contributed by atoms with E-state index in [-0.39, 0.29) is 11.9 Å². The molecular weight excluding hydrogens is 362 g/mol. The number of rotatable bonds is 7. The van der Waals surface area contributed by atoms with E-state index in [9.17, 15) is 4.79 Å². The van der Waals surface area contributed by atoms with Crippen molar-refractivity contribution in [2.45, 2.75) is 25.8 Å². The van der Waals surface area contributed by atoms with Crippen LogP contribution < -0.4 is 5.32 Å². The molecule has 2 aromatic carbocycles. The van der Waals surface area contributed by atoms with Gasteiger partial charge in [0.1, 0.15) is 5.69 Å². The summed E-state index contributed by atoms with van der Waals surface area (Å²) < 4.78 is 5.12. The summed E-state index contributed by atoms with van der Waals surface area (Å²) in [6.45, 7) is 2.67. The Morgan fingerprint density at radius 1 is 1.22 bits per heavy atom. The fourth-order valence-corrected chi connectivity index (χ4v) is 3.07. The number of amides is 1. The monoisotopic (exact) mass is 383 g/mol. The summed E-state index contributed by atoms with van der Waals surface area (Å²) in [5.41, 5.74) is 2.23. The minimum Gasteiger partial charge on any atom is -0.385 e. The second-order valence-corrected chi connectivity index (χ2v) is 6.80. The number of aromatic nitrogens is 2. The molecular formula is C21H22ClN3O2. The molecule has 1 atom stereocenters. The fourth-order valence-electron chi connectivity index (χ4n) is 2.95. The summed E-state index contributed by atoms with van der Waals surface area (Å²) in [6.07, 6.45) is 3.34. The minimum absolute atomic E-state index is 0.0828. The van der Waals surface area contributed by atoms with Crippen LogP contribution in [0.3, 0.4) is 0 Å². The van der Waals surface area contributed by atoms with Gasteiger partial charge >= 0.3 is 0 Å². The third-order valence-electron chi connectivity index (χ3n) is 4.54. The van der Waals surface area contributed by atoms with Gasteiger partial charge in [-0.15, -0.1) is 5.10 Å². The SMILES string of the molecule is CCC(CCOC)NC(=O)c1ccc2cnnc(-c3ccc(Cl)cc3)c2c1. The quantitative estimate of drug-likeness (QED) is 0.652. The molecule has 27 heavy (non-hydrogen) atoms. The average molecular weight is 384 g/mol. The van der Waals surface area contributed by atoms with Gasteiger partial charge in [-0.25, -0.2) is 0 Å². The van der Waals surface area contributed by atoms with Crippen LogP contribution in [0, 0.1) is 0 Å². The zero-order chi connectivity index (χ0) is 19.2. The number of carbonyl (C=O) groups is 1. The van der Waals surface area contributed by atoms with Crippen LogP contribution in [-0.4, -0.2) is 35.9 Å². The molecule has 1 N–H and O–H groups in total. The minimum atomic E-state index is -0.0984. The maximum atomic E-state index is 12.7. The number of halogens is 1. The lowest BCUT2D eigenvalue weighted by molar-refractivity contribution is 0.0923. The summed E-state index contributed by atoms with van der Waals surface area (Å²) in [4.78, 5) is 12.7. The number of methoxy groups -OCH3 is 1. The first-order valence-corrected chi connectivity index (χ1v) is 9.31. The zero-order valence-electron chi connectivity index (χ0n) is 15.4. The molecule has 0 spiro atoms. The third kappa shape index (κ3) is 4.62. The number of carbonyl (C=O) groups excluding carboxylic acids is 1. The van der Waals surface area contributed by atoms with Gasteiger partial charge in [0.15, 0.2) is 0 Å². The second-order valence-electron chi connectivity index (χ2n) is 6.36. The van der Waals surface area contributed by atoms with Crippen molar-refractivity contribution in [3.63, 3.8) is 0 Å². The number of fused-ring (bicyclic) bond motifs is 1. The van der Waals surface area contributed by atoms with E-state index in [1.54, 1.807) is 13.3 Å². The average Bonchev–Trinajstić information content (AvgIpc) is 2.70.